The van der Waals surface area contributed by atoms with Gasteiger partial charge in [-0.15, -0.1) is 16.3 Å². The fraction of sp³-hybridized carbons (Fsp3) is 0.0123. The van der Waals surface area contributed by atoms with Gasteiger partial charge in [-0.3, -0.25) is 4.98 Å². The molecule has 0 saturated carbocycles. The molecule has 0 spiro atoms. The summed E-state index contributed by atoms with van der Waals surface area (Å²) in [4.78, 5) is 79.6. The van der Waals surface area contributed by atoms with E-state index in [1.54, 1.807) is 60.7 Å². The van der Waals surface area contributed by atoms with Crippen LogP contribution in [0.4, 0.5) is 0 Å². The number of hydrogen-bond donors (Lipinski definition) is 0. The molecule has 0 unspecified atom stereocenters. The van der Waals surface area contributed by atoms with E-state index in [1.165, 1.54) is 36.4 Å². The van der Waals surface area contributed by atoms with Crippen molar-refractivity contribution in [2.45, 2.75) is 16.7 Å². The Morgan fingerprint density at radius 1 is 0.301 bits per heavy atom. The molecule has 23 nitrogen and oxygen atoms in total. The Hall–Kier alpha value is -7.94. The Bertz CT molecular complexity index is 7320. The minimum absolute atomic E-state index is 0. The molecular weight excluding hydrogens is 1620 g/mol. The number of fused-ring (bicyclic) bond motifs is 40. The molecule has 10 heterocycles. The molecule has 0 atom stereocenters. The minimum atomic E-state index is -4.99. The van der Waals surface area contributed by atoms with Crippen molar-refractivity contribution < 1.29 is 213 Å². The van der Waals surface area contributed by atoms with E-state index in [0.717, 1.165) is 27.8 Å². The van der Waals surface area contributed by atoms with Gasteiger partial charge in [0.15, 0.2) is 0 Å². The molecule has 32 heteroatoms. The number of hydrogen-bond acceptors (Lipinski definition) is 19. The SMILES string of the molecule is Cc1ccc(C=Cc2ccc3c(c2)-c2nc-3nc3[n-]c(nc4nc(nc5[n-]c(n2)c2ccc(S(=O)(=O)[O-])cc52)-c2ccc(Oc5ccc6c7nc8nc(nc9[n-]c(nc%10nc(nc([n-]7)c6c5)-c5cc(S(=O)(=O)[O-])ccc5-%10)c5cc(C=Cc6cc[c-]cc6)ccc95)-c5c[c-]ccc5-8)cc2-4)c2cc[c-]cc32)cc1.[Cu+2].[Cu+2].[Na+].[Na+].[Na+].[Na+].[Na+]. The topological polar surface area (TPSA) is 335 Å². The first-order valence-electron chi connectivity index (χ1n) is 32.8. The molecule has 16 bridgehead atoms. The normalized spacial score (nSPS) is 11.8. The summed E-state index contributed by atoms with van der Waals surface area (Å²) in [5.41, 5.74) is 10.4. The molecular formula is C81H39Cu2N16Na5O7S2. The van der Waals surface area contributed by atoms with Crippen molar-refractivity contribution >= 4 is 133 Å². The largest absolute Gasteiger partial charge is 2.00 e. The van der Waals surface area contributed by atoms with Gasteiger partial charge in [0.1, 0.15) is 31.7 Å². The number of rotatable bonds is 8. The zero-order valence-corrected chi connectivity index (χ0v) is 73.7. The smallest absolute Gasteiger partial charge is 0.744 e. The van der Waals surface area contributed by atoms with Crippen molar-refractivity contribution in [3.05, 3.63) is 240 Å². The van der Waals surface area contributed by atoms with Crippen LogP contribution in [0, 0.1) is 25.1 Å². The van der Waals surface area contributed by atoms with Gasteiger partial charge in [0.2, 0.25) is 0 Å². The van der Waals surface area contributed by atoms with Gasteiger partial charge in [0, 0.05) is 73.1 Å². The summed E-state index contributed by atoms with van der Waals surface area (Å²) in [6, 6.07) is 65.7. The van der Waals surface area contributed by atoms with Crippen LogP contribution in [0.2, 0.25) is 0 Å². The maximum Gasteiger partial charge on any atom is 2.00 e. The first-order chi connectivity index (χ1) is 51.5. The molecule has 524 valence electrons. The monoisotopic (exact) mass is 1650 g/mol. The quantitative estimate of drug-likeness (QED) is 0.0780. The van der Waals surface area contributed by atoms with Gasteiger partial charge in [-0.05, 0) is 140 Å². The van der Waals surface area contributed by atoms with E-state index in [0.29, 0.717) is 111 Å². The van der Waals surface area contributed by atoms with Crippen molar-refractivity contribution in [1.82, 2.24) is 79.7 Å². The summed E-state index contributed by atoms with van der Waals surface area (Å²) in [6.07, 6.45) is 7.96. The van der Waals surface area contributed by atoms with E-state index in [-0.39, 0.29) is 262 Å². The van der Waals surface area contributed by atoms with Crippen LogP contribution in [0.3, 0.4) is 0 Å². The van der Waals surface area contributed by atoms with Gasteiger partial charge in [-0.2, -0.15) is 78.9 Å². The van der Waals surface area contributed by atoms with Gasteiger partial charge < -0.3 is 73.7 Å². The van der Waals surface area contributed by atoms with Crippen LogP contribution in [-0.2, 0) is 54.4 Å². The molecule has 4 aliphatic rings. The maximum absolute atomic E-state index is 12.7. The summed E-state index contributed by atoms with van der Waals surface area (Å²) >= 11 is 0. The Kier molecular flexibility index (Phi) is 24.2. The van der Waals surface area contributed by atoms with E-state index in [1.807, 2.05) is 128 Å². The van der Waals surface area contributed by atoms with Crippen molar-refractivity contribution in [2.75, 3.05) is 0 Å². The third kappa shape index (κ3) is 15.5. The van der Waals surface area contributed by atoms with Crippen molar-refractivity contribution in [2.24, 2.45) is 0 Å². The molecule has 0 N–H and O–H groups in total. The van der Waals surface area contributed by atoms with E-state index < -0.39 is 30.0 Å². The fourth-order valence-electron chi connectivity index (χ4n) is 13.4. The van der Waals surface area contributed by atoms with Gasteiger partial charge in [0.25, 0.3) is 0 Å². The zero-order chi connectivity index (χ0) is 71.3. The second-order valence-electron chi connectivity index (χ2n) is 25.3. The van der Waals surface area contributed by atoms with Crippen LogP contribution >= 0.6 is 0 Å². The van der Waals surface area contributed by atoms with Gasteiger partial charge in [-0.1, -0.05) is 102 Å². The standard InChI is InChI=1S/C81H41N16O7S2.2Cu.5Na/c1-41-15-17-43(18-16-41)20-22-45-24-30-55-61(36-45)77-89-71(55)85-68-52-13-7-8-14-53(52)69(83-68)87-78-62-37-46(26-32-57(62)73(93-78)94-80-64-39-48(105(98,99)100)27-33-58(64)74(90-77)95-80)104-47-25-31-56-63(38-47)79-92-72(56)86-67-51-12-6-5-11-50(51)66(82-67)84-70-54-29-23-44(21-19-42-9-3-2-4-10-42)35-60(54)76(88-70)91-75-59-34-28-49(106(101,102)103)40-65(59)81(96-75)97-79;;;;;;;/h3-4,6,8-40H,1H3,(H2-4,82,83,84,85,86,87,88,89,90,91,92,93,94,95,96,97,98,99,100,101,102,103);;;;;;;/q-7;2*+2;5*+1/p-2. The van der Waals surface area contributed by atoms with E-state index in [4.69, 9.17) is 84.5 Å². The van der Waals surface area contributed by atoms with E-state index in [9.17, 15) is 25.9 Å². The van der Waals surface area contributed by atoms with Crippen LogP contribution in [-0.4, -0.2) is 85.7 Å². The molecule has 20 rings (SSSR count). The third-order valence-electron chi connectivity index (χ3n) is 18.6. The first kappa shape index (κ1) is 83.0. The van der Waals surface area contributed by atoms with Crippen LogP contribution in [0.1, 0.15) is 27.8 Å². The predicted octanol–water partition coefficient (Wildman–Crippen LogP) is -0.767. The van der Waals surface area contributed by atoms with Crippen LogP contribution in [0.25, 0.3) is 204 Å². The Morgan fingerprint density at radius 2 is 0.646 bits per heavy atom. The second kappa shape index (κ2) is 33.0. The van der Waals surface area contributed by atoms with Gasteiger partial charge >= 0.3 is 182 Å². The molecule has 0 aliphatic carbocycles. The van der Waals surface area contributed by atoms with Crippen LogP contribution < -0.4 is 172 Å². The van der Waals surface area contributed by atoms with Gasteiger partial charge in [-0.25, -0.2) is 31.8 Å². The van der Waals surface area contributed by atoms with Crippen LogP contribution in [0.5, 0.6) is 11.5 Å². The molecule has 6 aromatic heterocycles. The number of aryl methyl sites for hydroxylation is 1. The first-order valence-corrected chi connectivity index (χ1v) is 35.7. The van der Waals surface area contributed by atoms with Gasteiger partial charge in [0.05, 0.1) is 50.6 Å². The Balaban J connectivity index is 0.00000159. The Labute approximate surface area is 774 Å². The number of nitrogens with zero attached hydrogens (tertiary/aromatic N) is 16. The molecule has 4 aliphatic heterocycles. The number of aromatic nitrogens is 16. The molecule has 16 aromatic rings. The zero-order valence-electron chi connectivity index (χ0n) is 60.2. The molecule has 0 saturated heterocycles. The van der Waals surface area contributed by atoms with Crippen molar-refractivity contribution in [1.29, 1.82) is 0 Å². The van der Waals surface area contributed by atoms with Crippen LogP contribution in [0.15, 0.2) is 204 Å². The summed E-state index contributed by atoms with van der Waals surface area (Å²) in [7, 11) is -9.96. The second-order valence-corrected chi connectivity index (χ2v) is 28.0. The molecule has 0 fully saturated rings. The molecule has 2 radical (unpaired) electrons. The van der Waals surface area contributed by atoms with E-state index in [2.05, 4.69) is 18.2 Å². The summed E-state index contributed by atoms with van der Waals surface area (Å²) in [5, 5.41) is 4.07. The summed E-state index contributed by atoms with van der Waals surface area (Å²) in [5.74, 6) is 2.18. The third-order valence-corrected chi connectivity index (χ3v) is 20.3. The minimum Gasteiger partial charge on any atom is -0.744 e. The number of benzene rings is 10. The summed E-state index contributed by atoms with van der Waals surface area (Å²) in [6.45, 7) is 2.03. The van der Waals surface area contributed by atoms with E-state index >= 15 is 0 Å². The molecule has 10 aromatic carbocycles. The predicted molar refractivity (Wildman–Crippen MR) is 396 cm³/mol. The Morgan fingerprint density at radius 3 is 1.21 bits per heavy atom. The molecule has 113 heavy (non-hydrogen) atoms. The molecule has 0 amide bonds. The maximum atomic E-state index is 12.7. The van der Waals surface area contributed by atoms with Crippen molar-refractivity contribution in [3.63, 3.8) is 0 Å². The number of ether oxygens (including phenoxy) is 1. The fourth-order valence-corrected chi connectivity index (χ4v) is 14.4. The average Bonchev–Trinajstić information content (AvgIpc) is 1.60. The summed E-state index contributed by atoms with van der Waals surface area (Å²) < 4.78 is 83.1. The average molecular weight is 1650 g/mol. The van der Waals surface area contributed by atoms with Crippen molar-refractivity contribution in [3.8, 4) is 103 Å².